The molecule has 0 aromatic rings. The van der Waals surface area contributed by atoms with Gasteiger partial charge in [-0.05, 0) is 12.3 Å². The monoisotopic (exact) mass is 210 g/mol. The van der Waals surface area contributed by atoms with E-state index in [-0.39, 0.29) is 11.7 Å². The van der Waals surface area contributed by atoms with Crippen molar-refractivity contribution in [2.24, 2.45) is 17.3 Å². The van der Waals surface area contributed by atoms with Crippen LogP contribution in [0.25, 0.3) is 0 Å². The van der Waals surface area contributed by atoms with Gasteiger partial charge in [-0.1, -0.05) is 19.9 Å². The van der Waals surface area contributed by atoms with Crippen LogP contribution in [0.4, 0.5) is 0 Å². The molecule has 1 aliphatic rings. The average Bonchev–Trinajstić information content (AvgIpc) is 2.23. The Hall–Kier alpha value is -1.12. The van der Waals surface area contributed by atoms with Crippen molar-refractivity contribution in [1.82, 2.24) is 0 Å². The zero-order valence-electron chi connectivity index (χ0n) is 9.58. The third-order valence-electron chi connectivity index (χ3n) is 3.71. The molecule has 3 atom stereocenters. The SMILES string of the molecule is C=C[C@]1(C)C(C(=O)OC)C(=O)CC[C@H]1C. The molecule has 1 fully saturated rings. The van der Waals surface area contributed by atoms with Crippen LogP contribution in [0.1, 0.15) is 26.7 Å². The van der Waals surface area contributed by atoms with Crippen LogP contribution in [0.15, 0.2) is 12.7 Å². The lowest BCUT2D eigenvalue weighted by Gasteiger charge is -2.41. The Bertz CT molecular complexity index is 287. The highest BCUT2D eigenvalue weighted by Gasteiger charge is 2.48. The number of carbonyl (C=O) groups is 2. The number of carbonyl (C=O) groups excluding carboxylic acids is 2. The highest BCUT2D eigenvalue weighted by atomic mass is 16.5. The van der Waals surface area contributed by atoms with E-state index in [1.807, 2.05) is 13.8 Å². The molecule has 0 N–H and O–H groups in total. The molecular formula is C12H18O3. The average molecular weight is 210 g/mol. The van der Waals surface area contributed by atoms with Crippen molar-refractivity contribution in [3.05, 3.63) is 12.7 Å². The first kappa shape index (κ1) is 12.0. The molecule has 0 heterocycles. The lowest BCUT2D eigenvalue weighted by Crippen LogP contribution is -2.46. The third kappa shape index (κ3) is 1.83. The summed E-state index contributed by atoms with van der Waals surface area (Å²) in [7, 11) is 1.32. The van der Waals surface area contributed by atoms with Crippen molar-refractivity contribution in [3.63, 3.8) is 0 Å². The van der Waals surface area contributed by atoms with Crippen LogP contribution in [-0.2, 0) is 14.3 Å². The predicted molar refractivity (Wildman–Crippen MR) is 57.2 cm³/mol. The number of ketones is 1. The molecular weight excluding hydrogens is 192 g/mol. The van der Waals surface area contributed by atoms with Gasteiger partial charge in [0.2, 0.25) is 0 Å². The second-order valence-corrected chi connectivity index (χ2v) is 4.43. The number of ether oxygens (including phenoxy) is 1. The lowest BCUT2D eigenvalue weighted by molar-refractivity contribution is -0.157. The largest absolute Gasteiger partial charge is 0.468 e. The van der Waals surface area contributed by atoms with Crippen molar-refractivity contribution in [3.8, 4) is 0 Å². The molecule has 0 aliphatic heterocycles. The van der Waals surface area contributed by atoms with Crippen LogP contribution in [0.2, 0.25) is 0 Å². The minimum absolute atomic E-state index is 0.0256. The van der Waals surface area contributed by atoms with Crippen LogP contribution in [0.5, 0.6) is 0 Å². The van der Waals surface area contributed by atoms with Crippen LogP contribution < -0.4 is 0 Å². The molecule has 0 amide bonds. The van der Waals surface area contributed by atoms with Gasteiger partial charge in [0.1, 0.15) is 11.7 Å². The molecule has 3 heteroatoms. The normalized spacial score (nSPS) is 36.1. The lowest BCUT2D eigenvalue weighted by atomic mass is 9.61. The van der Waals surface area contributed by atoms with Gasteiger partial charge in [-0.25, -0.2) is 0 Å². The topological polar surface area (TPSA) is 43.4 Å². The van der Waals surface area contributed by atoms with E-state index < -0.39 is 17.3 Å². The van der Waals surface area contributed by atoms with E-state index >= 15 is 0 Å². The van der Waals surface area contributed by atoms with E-state index in [0.29, 0.717) is 6.42 Å². The number of allylic oxidation sites excluding steroid dienone is 1. The van der Waals surface area contributed by atoms with Crippen molar-refractivity contribution >= 4 is 11.8 Å². The molecule has 0 spiro atoms. The first-order valence-electron chi connectivity index (χ1n) is 5.21. The summed E-state index contributed by atoms with van der Waals surface area (Å²) in [5.74, 6) is -0.864. The van der Waals surface area contributed by atoms with Crippen LogP contribution >= 0.6 is 0 Å². The summed E-state index contributed by atoms with van der Waals surface area (Å²) in [6.07, 6.45) is 3.00. The van der Waals surface area contributed by atoms with E-state index in [1.54, 1.807) is 6.08 Å². The maximum Gasteiger partial charge on any atom is 0.317 e. The summed E-state index contributed by atoms with van der Waals surface area (Å²) in [5, 5.41) is 0. The standard InChI is InChI=1S/C12H18O3/c1-5-12(3)8(2)6-7-9(13)10(12)11(14)15-4/h5,8,10H,1,6-7H2,2-4H3/t8-,10?,12+/m1/s1. The summed E-state index contributed by atoms with van der Waals surface area (Å²) in [6, 6.07) is 0. The highest BCUT2D eigenvalue weighted by molar-refractivity contribution is 6.00. The fourth-order valence-corrected chi connectivity index (χ4v) is 2.27. The summed E-state index contributed by atoms with van der Waals surface area (Å²) < 4.78 is 4.70. The number of methoxy groups -OCH3 is 1. The van der Waals surface area contributed by atoms with Gasteiger partial charge in [-0.3, -0.25) is 9.59 Å². The van der Waals surface area contributed by atoms with Gasteiger partial charge < -0.3 is 4.74 Å². The van der Waals surface area contributed by atoms with Crippen molar-refractivity contribution in [2.75, 3.05) is 7.11 Å². The molecule has 15 heavy (non-hydrogen) atoms. The molecule has 1 rings (SSSR count). The maximum absolute atomic E-state index is 11.8. The second-order valence-electron chi connectivity index (χ2n) is 4.43. The first-order valence-corrected chi connectivity index (χ1v) is 5.21. The predicted octanol–water partition coefficient (Wildman–Crippen LogP) is 1.97. The van der Waals surface area contributed by atoms with Gasteiger partial charge in [0.15, 0.2) is 0 Å². The zero-order chi connectivity index (χ0) is 11.6. The maximum atomic E-state index is 11.8. The zero-order valence-corrected chi connectivity index (χ0v) is 9.58. The Morgan fingerprint density at radius 1 is 1.67 bits per heavy atom. The Morgan fingerprint density at radius 3 is 2.73 bits per heavy atom. The summed E-state index contributed by atoms with van der Waals surface area (Å²) >= 11 is 0. The third-order valence-corrected chi connectivity index (χ3v) is 3.71. The van der Waals surface area contributed by atoms with E-state index in [2.05, 4.69) is 6.58 Å². The molecule has 1 aliphatic carbocycles. The minimum Gasteiger partial charge on any atom is -0.468 e. The van der Waals surface area contributed by atoms with Gasteiger partial charge in [0.25, 0.3) is 0 Å². The smallest absolute Gasteiger partial charge is 0.317 e. The molecule has 84 valence electrons. The Kier molecular flexibility index (Phi) is 3.32. The molecule has 0 bridgehead atoms. The number of esters is 1. The summed E-state index contributed by atoms with van der Waals surface area (Å²) in [4.78, 5) is 23.4. The molecule has 1 saturated carbocycles. The van der Waals surface area contributed by atoms with Crippen LogP contribution in [0, 0.1) is 17.3 Å². The molecule has 3 nitrogen and oxygen atoms in total. The van der Waals surface area contributed by atoms with Crippen molar-refractivity contribution in [2.45, 2.75) is 26.7 Å². The molecule has 0 radical (unpaired) electrons. The van der Waals surface area contributed by atoms with Gasteiger partial charge in [0, 0.05) is 11.8 Å². The Balaban J connectivity index is 3.09. The van der Waals surface area contributed by atoms with E-state index in [0.717, 1.165) is 6.42 Å². The summed E-state index contributed by atoms with van der Waals surface area (Å²) in [5.41, 5.74) is -0.470. The quantitative estimate of drug-likeness (QED) is 0.397. The number of hydrogen-bond donors (Lipinski definition) is 0. The molecule has 0 saturated heterocycles. The second kappa shape index (κ2) is 4.17. The van der Waals surface area contributed by atoms with Gasteiger partial charge >= 0.3 is 5.97 Å². The molecule has 0 aromatic carbocycles. The number of Topliss-reactive ketones (excluding diaryl/α,β-unsaturated/α-hetero) is 1. The number of hydrogen-bond acceptors (Lipinski definition) is 3. The van der Waals surface area contributed by atoms with Crippen molar-refractivity contribution < 1.29 is 14.3 Å². The van der Waals surface area contributed by atoms with Crippen LogP contribution in [0.3, 0.4) is 0 Å². The van der Waals surface area contributed by atoms with Crippen LogP contribution in [-0.4, -0.2) is 18.9 Å². The first-order chi connectivity index (χ1) is 6.97. The van der Waals surface area contributed by atoms with E-state index in [9.17, 15) is 9.59 Å². The Morgan fingerprint density at radius 2 is 2.27 bits per heavy atom. The van der Waals surface area contributed by atoms with E-state index in [4.69, 9.17) is 4.74 Å². The van der Waals surface area contributed by atoms with Gasteiger partial charge in [0.05, 0.1) is 7.11 Å². The fourth-order valence-electron chi connectivity index (χ4n) is 2.27. The Labute approximate surface area is 90.5 Å². The molecule has 0 aromatic heterocycles. The minimum atomic E-state index is -0.677. The summed E-state index contributed by atoms with van der Waals surface area (Å²) in [6.45, 7) is 7.70. The fraction of sp³-hybridized carbons (Fsp3) is 0.667. The van der Waals surface area contributed by atoms with Crippen molar-refractivity contribution in [1.29, 1.82) is 0 Å². The number of rotatable bonds is 2. The highest BCUT2D eigenvalue weighted by Crippen LogP contribution is 2.44. The van der Waals surface area contributed by atoms with Gasteiger partial charge in [-0.2, -0.15) is 0 Å². The van der Waals surface area contributed by atoms with E-state index in [1.165, 1.54) is 7.11 Å². The molecule has 1 unspecified atom stereocenters. The van der Waals surface area contributed by atoms with Gasteiger partial charge in [-0.15, -0.1) is 6.58 Å².